The van der Waals surface area contributed by atoms with E-state index in [0.717, 1.165) is 16.7 Å². The van der Waals surface area contributed by atoms with Gasteiger partial charge in [0.1, 0.15) is 0 Å². The Morgan fingerprint density at radius 1 is 0.789 bits per heavy atom. The lowest BCUT2D eigenvalue weighted by atomic mass is 10.0. The van der Waals surface area contributed by atoms with Crippen LogP contribution < -0.4 is 5.32 Å². The molecule has 0 bridgehead atoms. The molecule has 1 N–H and O–H groups in total. The first kappa shape index (κ1) is 12.2. The van der Waals surface area contributed by atoms with Gasteiger partial charge in [0.15, 0.2) is 0 Å². The molecular formula is C17H14BrN. The van der Waals surface area contributed by atoms with E-state index in [9.17, 15) is 0 Å². The minimum atomic E-state index is 0.823. The van der Waals surface area contributed by atoms with Crippen LogP contribution in [0.25, 0.3) is 10.8 Å². The van der Waals surface area contributed by atoms with Crippen LogP contribution in [-0.2, 0) is 6.54 Å². The van der Waals surface area contributed by atoms with E-state index in [-0.39, 0.29) is 0 Å². The summed E-state index contributed by atoms with van der Waals surface area (Å²) in [5.74, 6) is 0. The van der Waals surface area contributed by atoms with Crippen LogP contribution in [0.1, 0.15) is 5.56 Å². The first-order chi connectivity index (χ1) is 9.34. The molecule has 0 unspecified atom stereocenters. The van der Waals surface area contributed by atoms with Crippen LogP contribution in [0, 0.1) is 0 Å². The Labute approximate surface area is 121 Å². The van der Waals surface area contributed by atoms with E-state index in [0.29, 0.717) is 0 Å². The number of hydrogen-bond acceptors (Lipinski definition) is 1. The minimum absolute atomic E-state index is 0.823. The molecule has 0 saturated carbocycles. The van der Waals surface area contributed by atoms with Gasteiger partial charge in [-0.1, -0.05) is 54.6 Å². The molecule has 3 aromatic rings. The molecule has 0 spiro atoms. The number of fused-ring (bicyclic) bond motifs is 1. The van der Waals surface area contributed by atoms with Gasteiger partial charge < -0.3 is 5.32 Å². The molecule has 3 aromatic carbocycles. The van der Waals surface area contributed by atoms with Crippen LogP contribution in [0.3, 0.4) is 0 Å². The lowest BCUT2D eigenvalue weighted by Crippen LogP contribution is -2.00. The van der Waals surface area contributed by atoms with Crippen LogP contribution in [-0.4, -0.2) is 0 Å². The standard InChI is InChI=1S/C17H14BrN/c18-16-10-3-4-11-17(16)19-12-14-8-5-7-13-6-1-2-9-15(13)14/h1-11,19H,12H2. The zero-order valence-electron chi connectivity index (χ0n) is 10.4. The Morgan fingerprint density at radius 3 is 2.42 bits per heavy atom. The molecule has 0 heterocycles. The Balaban J connectivity index is 1.88. The average Bonchev–Trinajstić information content (AvgIpc) is 2.46. The van der Waals surface area contributed by atoms with E-state index in [1.54, 1.807) is 0 Å². The van der Waals surface area contributed by atoms with E-state index < -0.39 is 0 Å². The van der Waals surface area contributed by atoms with Crippen molar-refractivity contribution in [3.63, 3.8) is 0 Å². The molecule has 0 aromatic heterocycles. The summed E-state index contributed by atoms with van der Waals surface area (Å²) in [6, 6.07) is 23.1. The van der Waals surface area contributed by atoms with Crippen molar-refractivity contribution >= 4 is 32.4 Å². The van der Waals surface area contributed by atoms with E-state index in [1.165, 1.54) is 16.3 Å². The first-order valence-electron chi connectivity index (χ1n) is 6.29. The first-order valence-corrected chi connectivity index (χ1v) is 7.09. The predicted octanol–water partition coefficient (Wildman–Crippen LogP) is 5.21. The average molecular weight is 312 g/mol. The van der Waals surface area contributed by atoms with Crippen LogP contribution in [0.2, 0.25) is 0 Å². The Morgan fingerprint density at radius 2 is 1.53 bits per heavy atom. The van der Waals surface area contributed by atoms with E-state index in [1.807, 2.05) is 18.2 Å². The second-order valence-electron chi connectivity index (χ2n) is 4.47. The summed E-state index contributed by atoms with van der Waals surface area (Å²) < 4.78 is 1.09. The van der Waals surface area contributed by atoms with Gasteiger partial charge in [-0.25, -0.2) is 0 Å². The third-order valence-corrected chi connectivity index (χ3v) is 3.91. The molecule has 94 valence electrons. The highest BCUT2D eigenvalue weighted by molar-refractivity contribution is 9.10. The van der Waals surface area contributed by atoms with Crippen LogP contribution in [0.4, 0.5) is 5.69 Å². The lowest BCUT2D eigenvalue weighted by Gasteiger charge is -2.10. The summed E-state index contributed by atoms with van der Waals surface area (Å²) in [4.78, 5) is 0. The fourth-order valence-corrected chi connectivity index (χ4v) is 2.67. The highest BCUT2D eigenvalue weighted by Crippen LogP contribution is 2.24. The van der Waals surface area contributed by atoms with Gasteiger partial charge in [-0.15, -0.1) is 0 Å². The molecule has 0 aliphatic rings. The molecule has 0 aliphatic carbocycles. The van der Waals surface area contributed by atoms with Gasteiger partial charge >= 0.3 is 0 Å². The molecule has 0 amide bonds. The van der Waals surface area contributed by atoms with Crippen molar-refractivity contribution in [1.82, 2.24) is 0 Å². The fourth-order valence-electron chi connectivity index (χ4n) is 2.24. The summed E-state index contributed by atoms with van der Waals surface area (Å²) in [6.07, 6.45) is 0. The predicted molar refractivity (Wildman–Crippen MR) is 85.4 cm³/mol. The summed E-state index contributed by atoms with van der Waals surface area (Å²) in [6.45, 7) is 0.823. The van der Waals surface area contributed by atoms with Crippen molar-refractivity contribution in [2.24, 2.45) is 0 Å². The molecule has 1 nitrogen and oxygen atoms in total. The minimum Gasteiger partial charge on any atom is -0.380 e. The van der Waals surface area contributed by atoms with Crippen LogP contribution in [0.5, 0.6) is 0 Å². The number of anilines is 1. The number of rotatable bonds is 3. The highest BCUT2D eigenvalue weighted by Gasteiger charge is 2.01. The summed E-state index contributed by atoms with van der Waals surface area (Å²) in [5.41, 5.74) is 2.43. The summed E-state index contributed by atoms with van der Waals surface area (Å²) in [5, 5.41) is 6.07. The maximum atomic E-state index is 3.56. The number of benzene rings is 3. The van der Waals surface area contributed by atoms with Crippen molar-refractivity contribution in [3.05, 3.63) is 76.8 Å². The Kier molecular flexibility index (Phi) is 3.51. The molecule has 0 atom stereocenters. The van der Waals surface area contributed by atoms with Crippen molar-refractivity contribution in [1.29, 1.82) is 0 Å². The molecule has 19 heavy (non-hydrogen) atoms. The molecule has 0 aliphatic heterocycles. The molecule has 2 heteroatoms. The summed E-state index contributed by atoms with van der Waals surface area (Å²) in [7, 11) is 0. The van der Waals surface area contributed by atoms with Crippen molar-refractivity contribution in [3.8, 4) is 0 Å². The van der Waals surface area contributed by atoms with Gasteiger partial charge in [0.25, 0.3) is 0 Å². The molecule has 0 fully saturated rings. The zero-order chi connectivity index (χ0) is 13.1. The van der Waals surface area contributed by atoms with E-state index >= 15 is 0 Å². The van der Waals surface area contributed by atoms with E-state index in [2.05, 4.69) is 69.8 Å². The van der Waals surface area contributed by atoms with Crippen molar-refractivity contribution in [2.75, 3.05) is 5.32 Å². The quantitative estimate of drug-likeness (QED) is 0.699. The molecule has 0 radical (unpaired) electrons. The lowest BCUT2D eigenvalue weighted by molar-refractivity contribution is 1.16. The largest absolute Gasteiger partial charge is 0.380 e. The second kappa shape index (κ2) is 5.45. The van der Waals surface area contributed by atoms with Crippen LogP contribution in [0.15, 0.2) is 71.2 Å². The third-order valence-electron chi connectivity index (χ3n) is 3.22. The maximum absolute atomic E-state index is 3.56. The molecular weight excluding hydrogens is 298 g/mol. The van der Waals surface area contributed by atoms with Crippen LogP contribution >= 0.6 is 15.9 Å². The second-order valence-corrected chi connectivity index (χ2v) is 5.33. The van der Waals surface area contributed by atoms with Gasteiger partial charge in [-0.05, 0) is 44.4 Å². The topological polar surface area (TPSA) is 12.0 Å². The van der Waals surface area contributed by atoms with Crippen molar-refractivity contribution < 1.29 is 0 Å². The third kappa shape index (κ3) is 2.64. The number of hydrogen-bond donors (Lipinski definition) is 1. The highest BCUT2D eigenvalue weighted by atomic mass is 79.9. The van der Waals surface area contributed by atoms with Gasteiger partial charge in [-0.2, -0.15) is 0 Å². The monoisotopic (exact) mass is 311 g/mol. The van der Waals surface area contributed by atoms with Gasteiger partial charge in [0.05, 0.1) is 0 Å². The number of halogens is 1. The Hall–Kier alpha value is -1.80. The summed E-state index contributed by atoms with van der Waals surface area (Å²) >= 11 is 3.56. The Bertz CT molecular complexity index is 701. The smallest absolute Gasteiger partial charge is 0.0487 e. The maximum Gasteiger partial charge on any atom is 0.0487 e. The fraction of sp³-hybridized carbons (Fsp3) is 0.0588. The zero-order valence-corrected chi connectivity index (χ0v) is 12.0. The van der Waals surface area contributed by atoms with E-state index in [4.69, 9.17) is 0 Å². The van der Waals surface area contributed by atoms with Gasteiger partial charge in [0, 0.05) is 16.7 Å². The number of nitrogens with one attached hydrogen (secondary N) is 1. The van der Waals surface area contributed by atoms with Gasteiger partial charge in [-0.3, -0.25) is 0 Å². The SMILES string of the molecule is Brc1ccccc1NCc1cccc2ccccc12. The normalized spacial score (nSPS) is 10.6. The number of para-hydroxylation sites is 1. The molecule has 0 saturated heterocycles. The van der Waals surface area contributed by atoms with Gasteiger partial charge in [0.2, 0.25) is 0 Å². The van der Waals surface area contributed by atoms with Crippen molar-refractivity contribution in [2.45, 2.75) is 6.54 Å². The molecule has 3 rings (SSSR count).